The highest BCUT2D eigenvalue weighted by molar-refractivity contribution is 6.04. The Bertz CT molecular complexity index is 828. The van der Waals surface area contributed by atoms with Crippen molar-refractivity contribution in [1.82, 2.24) is 19.7 Å². The Kier molecular flexibility index (Phi) is 3.69. The normalized spacial score (nSPS) is 10.6. The Morgan fingerprint density at radius 3 is 2.59 bits per heavy atom. The number of aryl methyl sites for hydroxylation is 1. The van der Waals surface area contributed by atoms with Crippen molar-refractivity contribution in [1.29, 1.82) is 0 Å². The van der Waals surface area contributed by atoms with Gasteiger partial charge in [0, 0.05) is 13.1 Å². The summed E-state index contributed by atoms with van der Waals surface area (Å²) in [6.45, 7) is 2.23. The van der Waals surface area contributed by atoms with Crippen LogP contribution in [0.2, 0.25) is 0 Å². The van der Waals surface area contributed by atoms with Crippen molar-refractivity contribution in [2.45, 2.75) is 6.92 Å². The number of aromatic nitrogens is 4. The molecule has 0 fully saturated rings. The van der Waals surface area contributed by atoms with E-state index in [1.165, 1.54) is 0 Å². The molecule has 0 aliphatic heterocycles. The molecule has 3 aromatic rings. The Labute approximate surface area is 127 Å². The predicted octanol–water partition coefficient (Wildman–Crippen LogP) is 2.01. The molecule has 2 aromatic heterocycles. The van der Waals surface area contributed by atoms with E-state index in [-0.39, 0.29) is 17.5 Å². The van der Waals surface area contributed by atoms with E-state index in [4.69, 9.17) is 4.74 Å². The van der Waals surface area contributed by atoms with Crippen LogP contribution in [0.15, 0.2) is 36.5 Å². The number of carbonyl (C=O) groups excluding carboxylic acids is 1. The zero-order chi connectivity index (χ0) is 15.5. The molecule has 1 aromatic carbocycles. The summed E-state index contributed by atoms with van der Waals surface area (Å²) in [5.74, 6) is 0.411. The van der Waals surface area contributed by atoms with E-state index in [1.807, 2.05) is 25.1 Å². The van der Waals surface area contributed by atoms with Crippen LogP contribution in [0.1, 0.15) is 17.4 Å². The van der Waals surface area contributed by atoms with Gasteiger partial charge in [0.05, 0.1) is 23.8 Å². The first kappa shape index (κ1) is 14.0. The molecule has 0 spiro atoms. The molecule has 3 rings (SSSR count). The predicted molar refractivity (Wildman–Crippen MR) is 81.9 cm³/mol. The molecular weight excluding hydrogens is 282 g/mol. The number of fused-ring (bicyclic) bond motifs is 1. The zero-order valence-corrected chi connectivity index (χ0v) is 12.3. The number of para-hydroxylation sites is 2. The van der Waals surface area contributed by atoms with Crippen LogP contribution in [0.3, 0.4) is 0 Å². The van der Waals surface area contributed by atoms with Crippen molar-refractivity contribution in [3.63, 3.8) is 0 Å². The summed E-state index contributed by atoms with van der Waals surface area (Å²) in [7, 11) is 1.74. The number of nitrogens with one attached hydrogen (secondary N) is 1. The van der Waals surface area contributed by atoms with Crippen molar-refractivity contribution in [3.8, 4) is 5.88 Å². The fourth-order valence-electron chi connectivity index (χ4n) is 2.04. The number of hydrogen-bond donors (Lipinski definition) is 1. The van der Waals surface area contributed by atoms with Gasteiger partial charge in [0.15, 0.2) is 5.69 Å². The largest absolute Gasteiger partial charge is 0.476 e. The third kappa shape index (κ3) is 2.60. The van der Waals surface area contributed by atoms with Crippen molar-refractivity contribution < 1.29 is 9.53 Å². The van der Waals surface area contributed by atoms with E-state index in [1.54, 1.807) is 30.1 Å². The van der Waals surface area contributed by atoms with Gasteiger partial charge in [0.2, 0.25) is 5.88 Å². The number of benzene rings is 1. The van der Waals surface area contributed by atoms with E-state index in [9.17, 15) is 4.79 Å². The molecule has 1 amide bonds. The Hall–Kier alpha value is -2.96. The van der Waals surface area contributed by atoms with Crippen molar-refractivity contribution in [3.05, 3.63) is 42.2 Å². The molecule has 0 saturated heterocycles. The first-order valence-electron chi connectivity index (χ1n) is 6.88. The third-order valence-corrected chi connectivity index (χ3v) is 3.10. The second kappa shape index (κ2) is 5.80. The second-order valence-electron chi connectivity index (χ2n) is 4.59. The summed E-state index contributed by atoms with van der Waals surface area (Å²) in [6, 6.07) is 9.04. The Balaban J connectivity index is 2.02. The number of amides is 1. The number of hydrogen-bond acceptors (Lipinski definition) is 5. The SMILES string of the molecule is CCOc1nc2ccccc2nc1C(=O)Nc1ccnn1C. The zero-order valence-electron chi connectivity index (χ0n) is 12.3. The minimum atomic E-state index is -0.384. The van der Waals surface area contributed by atoms with Gasteiger partial charge in [0.1, 0.15) is 5.82 Å². The van der Waals surface area contributed by atoms with Gasteiger partial charge >= 0.3 is 0 Å². The van der Waals surface area contributed by atoms with Crippen LogP contribution >= 0.6 is 0 Å². The lowest BCUT2D eigenvalue weighted by Gasteiger charge is -2.10. The van der Waals surface area contributed by atoms with Crippen molar-refractivity contribution in [2.24, 2.45) is 7.05 Å². The summed E-state index contributed by atoms with van der Waals surface area (Å²) >= 11 is 0. The van der Waals surface area contributed by atoms with E-state index in [0.717, 1.165) is 0 Å². The van der Waals surface area contributed by atoms with Crippen LogP contribution in [-0.2, 0) is 7.05 Å². The monoisotopic (exact) mass is 297 g/mol. The quantitative estimate of drug-likeness (QED) is 0.796. The maximum atomic E-state index is 12.5. The summed E-state index contributed by atoms with van der Waals surface area (Å²) in [5, 5.41) is 6.76. The highest BCUT2D eigenvalue weighted by Crippen LogP contribution is 2.20. The van der Waals surface area contributed by atoms with Crippen molar-refractivity contribution in [2.75, 3.05) is 11.9 Å². The molecular formula is C15H15N5O2. The summed E-state index contributed by atoms with van der Waals surface area (Å²) < 4.78 is 7.02. The first-order valence-corrected chi connectivity index (χ1v) is 6.88. The summed E-state index contributed by atoms with van der Waals surface area (Å²) in [5.41, 5.74) is 1.48. The number of carbonyl (C=O) groups is 1. The Morgan fingerprint density at radius 2 is 1.95 bits per heavy atom. The van der Waals surface area contributed by atoms with Crippen LogP contribution in [0.4, 0.5) is 5.82 Å². The van der Waals surface area contributed by atoms with Crippen LogP contribution < -0.4 is 10.1 Å². The molecule has 112 valence electrons. The number of ether oxygens (including phenoxy) is 1. The average Bonchev–Trinajstić information content (AvgIpc) is 2.92. The number of rotatable bonds is 4. The molecule has 0 saturated carbocycles. The van der Waals surface area contributed by atoms with Gasteiger partial charge in [0.25, 0.3) is 5.91 Å². The Morgan fingerprint density at radius 1 is 1.23 bits per heavy atom. The molecule has 0 unspecified atom stereocenters. The van der Waals surface area contributed by atoms with Gasteiger partial charge < -0.3 is 10.1 Å². The van der Waals surface area contributed by atoms with Crippen LogP contribution in [0.25, 0.3) is 11.0 Å². The molecule has 7 heteroatoms. The highest BCUT2D eigenvalue weighted by atomic mass is 16.5. The smallest absolute Gasteiger partial charge is 0.281 e. The van der Waals surface area contributed by atoms with Gasteiger partial charge in [-0.2, -0.15) is 5.10 Å². The first-order chi connectivity index (χ1) is 10.7. The lowest BCUT2D eigenvalue weighted by atomic mass is 10.3. The maximum Gasteiger partial charge on any atom is 0.281 e. The molecule has 0 bridgehead atoms. The minimum Gasteiger partial charge on any atom is -0.476 e. The maximum absolute atomic E-state index is 12.5. The lowest BCUT2D eigenvalue weighted by Crippen LogP contribution is -2.18. The van der Waals surface area contributed by atoms with Gasteiger partial charge in [-0.15, -0.1) is 0 Å². The molecule has 0 aliphatic carbocycles. The number of anilines is 1. The van der Waals surface area contributed by atoms with Gasteiger partial charge in [-0.3, -0.25) is 9.48 Å². The molecule has 2 heterocycles. The fraction of sp³-hybridized carbons (Fsp3) is 0.200. The molecule has 7 nitrogen and oxygen atoms in total. The third-order valence-electron chi connectivity index (χ3n) is 3.10. The van der Waals surface area contributed by atoms with Crippen molar-refractivity contribution >= 4 is 22.8 Å². The molecule has 0 aliphatic rings. The topological polar surface area (TPSA) is 81.9 Å². The summed E-state index contributed by atoms with van der Waals surface area (Å²) in [6.07, 6.45) is 1.60. The van der Waals surface area contributed by atoms with E-state index >= 15 is 0 Å². The van der Waals surface area contributed by atoms with E-state index in [0.29, 0.717) is 23.5 Å². The van der Waals surface area contributed by atoms with Gasteiger partial charge in [-0.05, 0) is 19.1 Å². The number of nitrogens with zero attached hydrogens (tertiary/aromatic N) is 4. The van der Waals surface area contributed by atoms with Crippen LogP contribution in [0.5, 0.6) is 5.88 Å². The van der Waals surface area contributed by atoms with Gasteiger partial charge in [-0.25, -0.2) is 9.97 Å². The van der Waals surface area contributed by atoms with E-state index < -0.39 is 0 Å². The average molecular weight is 297 g/mol. The molecule has 22 heavy (non-hydrogen) atoms. The van der Waals surface area contributed by atoms with E-state index in [2.05, 4.69) is 20.4 Å². The highest BCUT2D eigenvalue weighted by Gasteiger charge is 2.18. The minimum absolute atomic E-state index is 0.154. The summed E-state index contributed by atoms with van der Waals surface area (Å²) in [4.78, 5) is 21.2. The second-order valence-corrected chi connectivity index (χ2v) is 4.59. The van der Waals surface area contributed by atoms with Crippen LogP contribution in [-0.4, -0.2) is 32.3 Å². The standard InChI is InChI=1S/C15H15N5O2/c1-3-22-15-13(14(21)19-12-8-9-16-20(12)2)17-10-6-4-5-7-11(10)18-15/h4-9H,3H2,1-2H3,(H,19,21). The lowest BCUT2D eigenvalue weighted by molar-refractivity contribution is 0.101. The molecule has 1 N–H and O–H groups in total. The molecule has 0 radical (unpaired) electrons. The molecule has 0 atom stereocenters. The van der Waals surface area contributed by atoms with Crippen LogP contribution in [0, 0.1) is 0 Å². The van der Waals surface area contributed by atoms with Gasteiger partial charge in [-0.1, -0.05) is 12.1 Å². The fourth-order valence-corrected chi connectivity index (χ4v) is 2.04.